The number of unbranched alkanes of at least 4 members (excludes halogenated alkanes) is 3. The van der Waals surface area contributed by atoms with Crippen LogP contribution in [0.2, 0.25) is 0 Å². The van der Waals surface area contributed by atoms with Gasteiger partial charge in [0.2, 0.25) is 0 Å². The molecule has 0 fully saturated rings. The van der Waals surface area contributed by atoms with Crippen molar-refractivity contribution in [3.05, 3.63) is 31.1 Å². The number of aryl methyl sites for hydroxylation is 1. The van der Waals surface area contributed by atoms with E-state index in [9.17, 15) is 0 Å². The molecule has 0 aliphatic carbocycles. The van der Waals surface area contributed by atoms with Crippen molar-refractivity contribution in [3.8, 4) is 0 Å². The lowest BCUT2D eigenvalue weighted by molar-refractivity contribution is 0.452. The van der Waals surface area contributed by atoms with Crippen molar-refractivity contribution in [2.24, 2.45) is 4.99 Å². The van der Waals surface area contributed by atoms with Crippen LogP contribution >= 0.6 is 24.0 Å². The summed E-state index contributed by atoms with van der Waals surface area (Å²) >= 11 is 0. The van der Waals surface area contributed by atoms with Crippen LogP contribution in [0.1, 0.15) is 32.1 Å². The monoisotopic (exact) mass is 419 g/mol. The Bertz CT molecular complexity index is 403. The fourth-order valence-electron chi connectivity index (χ4n) is 2.18. The molecule has 0 radical (unpaired) electrons. The van der Waals surface area contributed by atoms with E-state index in [0.29, 0.717) is 0 Å². The van der Waals surface area contributed by atoms with Crippen molar-refractivity contribution in [2.45, 2.75) is 38.6 Å². The third-order valence-electron chi connectivity index (χ3n) is 3.38. The Labute approximate surface area is 151 Å². The Balaban J connectivity index is 0.00000441. The van der Waals surface area contributed by atoms with Crippen molar-refractivity contribution < 1.29 is 0 Å². The van der Waals surface area contributed by atoms with Gasteiger partial charge < -0.3 is 10.2 Å². The van der Waals surface area contributed by atoms with Crippen molar-refractivity contribution in [3.63, 3.8) is 0 Å². The molecule has 0 bridgehead atoms. The Kier molecular flexibility index (Phi) is 13.0. The number of allylic oxidation sites excluding steroid dienone is 1. The molecule has 0 saturated carbocycles. The van der Waals surface area contributed by atoms with E-state index in [1.807, 2.05) is 36.3 Å². The molecule has 1 heterocycles. The number of halogens is 1. The molecule has 1 aromatic rings. The Hall–Kier alpha value is -1.05. The first-order valence-corrected chi connectivity index (χ1v) is 7.78. The molecule has 126 valence electrons. The zero-order valence-electron chi connectivity index (χ0n) is 13.9. The normalized spacial score (nSPS) is 10.9. The fraction of sp³-hybridized carbons (Fsp3) is 0.625. The molecule has 22 heavy (non-hydrogen) atoms. The van der Waals surface area contributed by atoms with Crippen LogP contribution < -0.4 is 5.32 Å². The van der Waals surface area contributed by atoms with Crippen LogP contribution in [-0.2, 0) is 6.54 Å². The highest BCUT2D eigenvalue weighted by Crippen LogP contribution is 2.01. The van der Waals surface area contributed by atoms with Crippen molar-refractivity contribution in [1.82, 2.24) is 20.0 Å². The van der Waals surface area contributed by atoms with E-state index in [0.717, 1.165) is 38.4 Å². The first kappa shape index (κ1) is 20.9. The second-order valence-electron chi connectivity index (χ2n) is 5.16. The van der Waals surface area contributed by atoms with Gasteiger partial charge in [-0.25, -0.2) is 0 Å². The zero-order valence-corrected chi connectivity index (χ0v) is 16.2. The molecule has 0 aliphatic rings. The van der Waals surface area contributed by atoms with E-state index in [4.69, 9.17) is 0 Å². The Morgan fingerprint density at radius 1 is 1.36 bits per heavy atom. The highest BCUT2D eigenvalue weighted by Gasteiger charge is 2.04. The number of guanidine groups is 1. The SMILES string of the molecule is C=CCCCCCN(C)C(=NC)NCCCn1cccn1.I. The summed E-state index contributed by atoms with van der Waals surface area (Å²) < 4.78 is 1.95. The summed E-state index contributed by atoms with van der Waals surface area (Å²) in [6, 6.07) is 1.95. The molecule has 0 saturated heterocycles. The van der Waals surface area contributed by atoms with Crippen LogP contribution in [-0.4, -0.2) is 47.8 Å². The molecule has 0 amide bonds. The number of aliphatic imine (C=N–C) groups is 1. The summed E-state index contributed by atoms with van der Waals surface area (Å²) in [4.78, 5) is 6.53. The van der Waals surface area contributed by atoms with E-state index in [1.165, 1.54) is 19.3 Å². The minimum atomic E-state index is 0. The maximum Gasteiger partial charge on any atom is 0.193 e. The predicted octanol–water partition coefficient (Wildman–Crippen LogP) is 3.14. The molecule has 1 rings (SSSR count). The van der Waals surface area contributed by atoms with Crippen LogP contribution in [0.25, 0.3) is 0 Å². The number of rotatable bonds is 10. The maximum atomic E-state index is 4.33. The van der Waals surface area contributed by atoms with Gasteiger partial charge in [0.15, 0.2) is 5.96 Å². The van der Waals surface area contributed by atoms with Crippen LogP contribution in [0, 0.1) is 0 Å². The summed E-state index contributed by atoms with van der Waals surface area (Å²) in [6.07, 6.45) is 11.6. The van der Waals surface area contributed by atoms with Crippen LogP contribution in [0.15, 0.2) is 36.1 Å². The van der Waals surface area contributed by atoms with Crippen molar-refractivity contribution in [1.29, 1.82) is 0 Å². The second kappa shape index (κ2) is 13.6. The van der Waals surface area contributed by atoms with E-state index in [1.54, 1.807) is 0 Å². The smallest absolute Gasteiger partial charge is 0.193 e. The molecule has 1 aromatic heterocycles. The van der Waals surface area contributed by atoms with Gasteiger partial charge in [-0.05, 0) is 31.7 Å². The van der Waals surface area contributed by atoms with Gasteiger partial charge in [0.1, 0.15) is 0 Å². The van der Waals surface area contributed by atoms with Crippen LogP contribution in [0.4, 0.5) is 0 Å². The number of hydrogen-bond acceptors (Lipinski definition) is 2. The molecule has 6 heteroatoms. The molecular weight excluding hydrogens is 389 g/mol. The summed E-state index contributed by atoms with van der Waals surface area (Å²) in [5.74, 6) is 0.971. The highest BCUT2D eigenvalue weighted by atomic mass is 127. The van der Waals surface area contributed by atoms with E-state index >= 15 is 0 Å². The fourth-order valence-corrected chi connectivity index (χ4v) is 2.18. The van der Waals surface area contributed by atoms with Gasteiger partial charge in [-0.3, -0.25) is 9.67 Å². The number of nitrogens with zero attached hydrogens (tertiary/aromatic N) is 4. The Morgan fingerprint density at radius 3 is 2.82 bits per heavy atom. The molecule has 0 aromatic carbocycles. The lowest BCUT2D eigenvalue weighted by atomic mass is 10.2. The highest BCUT2D eigenvalue weighted by molar-refractivity contribution is 14.0. The van der Waals surface area contributed by atoms with Gasteiger partial charge in [-0.15, -0.1) is 30.6 Å². The average Bonchev–Trinajstić information content (AvgIpc) is 3.00. The van der Waals surface area contributed by atoms with E-state index < -0.39 is 0 Å². The molecule has 0 spiro atoms. The topological polar surface area (TPSA) is 45.5 Å². The van der Waals surface area contributed by atoms with E-state index in [-0.39, 0.29) is 24.0 Å². The minimum Gasteiger partial charge on any atom is -0.356 e. The van der Waals surface area contributed by atoms with Crippen LogP contribution in [0.5, 0.6) is 0 Å². The van der Waals surface area contributed by atoms with Crippen LogP contribution in [0.3, 0.4) is 0 Å². The first-order chi connectivity index (χ1) is 10.3. The van der Waals surface area contributed by atoms with Crippen molar-refractivity contribution >= 4 is 29.9 Å². The van der Waals surface area contributed by atoms with Gasteiger partial charge in [-0.1, -0.05) is 12.5 Å². The Morgan fingerprint density at radius 2 is 2.18 bits per heavy atom. The molecule has 0 unspecified atom stereocenters. The maximum absolute atomic E-state index is 4.33. The quantitative estimate of drug-likeness (QED) is 0.208. The molecule has 0 atom stereocenters. The number of aromatic nitrogens is 2. The third kappa shape index (κ3) is 9.07. The summed E-state index contributed by atoms with van der Waals surface area (Å²) in [7, 11) is 3.93. The minimum absolute atomic E-state index is 0. The van der Waals surface area contributed by atoms with E-state index in [2.05, 4.69) is 33.9 Å². The summed E-state index contributed by atoms with van der Waals surface area (Å²) in [6.45, 7) is 6.63. The first-order valence-electron chi connectivity index (χ1n) is 7.78. The number of hydrogen-bond donors (Lipinski definition) is 1. The molecule has 0 aliphatic heterocycles. The van der Waals surface area contributed by atoms with Gasteiger partial charge in [-0.2, -0.15) is 5.10 Å². The lowest BCUT2D eigenvalue weighted by Crippen LogP contribution is -2.40. The van der Waals surface area contributed by atoms with Crippen molar-refractivity contribution in [2.75, 3.05) is 27.2 Å². The second-order valence-corrected chi connectivity index (χ2v) is 5.16. The van der Waals surface area contributed by atoms with Gasteiger partial charge >= 0.3 is 0 Å². The molecule has 5 nitrogen and oxygen atoms in total. The zero-order chi connectivity index (χ0) is 15.3. The predicted molar refractivity (Wildman–Crippen MR) is 105 cm³/mol. The lowest BCUT2D eigenvalue weighted by Gasteiger charge is -2.22. The van der Waals surface area contributed by atoms with Gasteiger partial charge in [0.05, 0.1) is 0 Å². The molecule has 1 N–H and O–H groups in total. The third-order valence-corrected chi connectivity index (χ3v) is 3.38. The van der Waals surface area contributed by atoms with Gasteiger partial charge in [0.25, 0.3) is 0 Å². The summed E-state index contributed by atoms with van der Waals surface area (Å²) in [5.41, 5.74) is 0. The largest absolute Gasteiger partial charge is 0.356 e. The van der Waals surface area contributed by atoms with Gasteiger partial charge in [0, 0.05) is 46.1 Å². The molecular formula is C16H30IN5. The average molecular weight is 419 g/mol. The standard InChI is InChI=1S/C16H29N5.HI/c1-4-5-6-7-8-13-20(3)16(17-2)18-11-9-14-21-15-10-12-19-21;/h4,10,12,15H,1,5-9,11,13-14H2,2-3H3,(H,17,18);1H. The number of nitrogens with one attached hydrogen (secondary N) is 1. The summed E-state index contributed by atoms with van der Waals surface area (Å²) in [5, 5.41) is 7.60.